The SMILES string of the molecule is N#Cc1cccc2c1N[C@H](C(=O)O)[C@@H]1CC=C[C@H]21. The summed E-state index contributed by atoms with van der Waals surface area (Å²) < 4.78 is 0. The number of fused-ring (bicyclic) bond motifs is 3. The Bertz CT molecular complexity index is 586. The van der Waals surface area contributed by atoms with E-state index in [9.17, 15) is 9.90 Å². The largest absolute Gasteiger partial charge is 0.480 e. The number of hydrogen-bond acceptors (Lipinski definition) is 3. The van der Waals surface area contributed by atoms with Gasteiger partial charge in [0.15, 0.2) is 0 Å². The van der Waals surface area contributed by atoms with Crippen LogP contribution in [-0.4, -0.2) is 17.1 Å². The van der Waals surface area contributed by atoms with Crippen LogP contribution in [0, 0.1) is 17.2 Å². The minimum atomic E-state index is -0.855. The van der Waals surface area contributed by atoms with Crippen molar-refractivity contribution in [3.05, 3.63) is 41.5 Å². The van der Waals surface area contributed by atoms with Crippen molar-refractivity contribution in [3.63, 3.8) is 0 Å². The Labute approximate surface area is 105 Å². The number of anilines is 1. The van der Waals surface area contributed by atoms with Crippen LogP contribution in [0.25, 0.3) is 0 Å². The van der Waals surface area contributed by atoms with Crippen LogP contribution >= 0.6 is 0 Å². The van der Waals surface area contributed by atoms with E-state index in [-0.39, 0.29) is 11.8 Å². The Balaban J connectivity index is 2.15. The third-order valence-corrected chi connectivity index (χ3v) is 3.78. The molecule has 1 aromatic carbocycles. The lowest BCUT2D eigenvalue weighted by atomic mass is 9.78. The molecule has 0 unspecified atom stereocenters. The minimum Gasteiger partial charge on any atom is -0.480 e. The van der Waals surface area contributed by atoms with Gasteiger partial charge < -0.3 is 10.4 Å². The lowest BCUT2D eigenvalue weighted by Crippen LogP contribution is -2.42. The number of nitrogens with zero attached hydrogens (tertiary/aromatic N) is 1. The molecule has 0 radical (unpaired) electrons. The summed E-state index contributed by atoms with van der Waals surface area (Å²) in [6.45, 7) is 0. The molecule has 18 heavy (non-hydrogen) atoms. The molecule has 0 saturated carbocycles. The topological polar surface area (TPSA) is 73.1 Å². The van der Waals surface area contributed by atoms with Gasteiger partial charge in [0.1, 0.15) is 12.1 Å². The van der Waals surface area contributed by atoms with Crippen molar-refractivity contribution < 1.29 is 9.90 Å². The molecular formula is C14H12N2O2. The van der Waals surface area contributed by atoms with Crippen molar-refractivity contribution in [1.82, 2.24) is 0 Å². The Hall–Kier alpha value is -2.28. The zero-order chi connectivity index (χ0) is 12.7. The van der Waals surface area contributed by atoms with Gasteiger partial charge in [0.05, 0.1) is 11.3 Å². The number of aliphatic carboxylic acids is 1. The molecule has 3 rings (SSSR count). The fourth-order valence-corrected chi connectivity index (χ4v) is 2.96. The van der Waals surface area contributed by atoms with Crippen LogP contribution in [-0.2, 0) is 4.79 Å². The Morgan fingerprint density at radius 1 is 1.50 bits per heavy atom. The molecule has 4 nitrogen and oxygen atoms in total. The predicted octanol–water partition coefficient (Wildman–Crippen LogP) is 2.10. The first kappa shape index (κ1) is 10.8. The number of nitriles is 1. The van der Waals surface area contributed by atoms with Crippen molar-refractivity contribution in [2.24, 2.45) is 5.92 Å². The van der Waals surface area contributed by atoms with Crippen LogP contribution in [0.5, 0.6) is 0 Å². The number of carbonyl (C=O) groups is 1. The van der Waals surface area contributed by atoms with Gasteiger partial charge in [0.25, 0.3) is 0 Å². The van der Waals surface area contributed by atoms with Crippen molar-refractivity contribution >= 4 is 11.7 Å². The van der Waals surface area contributed by atoms with E-state index >= 15 is 0 Å². The van der Waals surface area contributed by atoms with E-state index < -0.39 is 12.0 Å². The van der Waals surface area contributed by atoms with Crippen LogP contribution in [0.3, 0.4) is 0 Å². The van der Waals surface area contributed by atoms with E-state index in [1.54, 1.807) is 6.07 Å². The van der Waals surface area contributed by atoms with Crippen molar-refractivity contribution in [2.45, 2.75) is 18.4 Å². The maximum atomic E-state index is 11.3. The second kappa shape index (κ2) is 3.88. The van der Waals surface area contributed by atoms with E-state index in [1.807, 2.05) is 18.2 Å². The fourth-order valence-electron chi connectivity index (χ4n) is 2.96. The molecule has 0 aromatic heterocycles. The summed E-state index contributed by atoms with van der Waals surface area (Å²) in [4.78, 5) is 11.3. The first-order valence-corrected chi connectivity index (χ1v) is 5.91. The summed E-state index contributed by atoms with van der Waals surface area (Å²) in [6, 6.07) is 7.03. The number of benzene rings is 1. The summed E-state index contributed by atoms with van der Waals surface area (Å²) in [5.74, 6) is -0.702. The third kappa shape index (κ3) is 1.41. The highest BCUT2D eigenvalue weighted by atomic mass is 16.4. The second-order valence-corrected chi connectivity index (χ2v) is 4.70. The number of allylic oxidation sites excluding steroid dienone is 2. The second-order valence-electron chi connectivity index (χ2n) is 4.70. The number of nitrogens with one attached hydrogen (secondary N) is 1. The zero-order valence-corrected chi connectivity index (χ0v) is 9.63. The molecular weight excluding hydrogens is 228 g/mol. The van der Waals surface area contributed by atoms with Gasteiger partial charge in [-0.05, 0) is 18.1 Å². The van der Waals surface area contributed by atoms with Gasteiger partial charge in [0, 0.05) is 11.8 Å². The summed E-state index contributed by atoms with van der Waals surface area (Å²) >= 11 is 0. The molecule has 0 amide bonds. The van der Waals surface area contributed by atoms with Crippen molar-refractivity contribution in [2.75, 3.05) is 5.32 Å². The van der Waals surface area contributed by atoms with Crippen LogP contribution in [0.4, 0.5) is 5.69 Å². The minimum absolute atomic E-state index is 0.0453. The maximum Gasteiger partial charge on any atom is 0.326 e. The summed E-state index contributed by atoms with van der Waals surface area (Å²) in [7, 11) is 0. The Kier molecular flexibility index (Phi) is 2.34. The molecule has 0 fully saturated rings. The average molecular weight is 240 g/mol. The normalized spacial score (nSPS) is 27.8. The summed E-state index contributed by atoms with van der Waals surface area (Å²) in [5.41, 5.74) is 2.23. The lowest BCUT2D eigenvalue weighted by molar-refractivity contribution is -0.139. The molecule has 0 bridgehead atoms. The smallest absolute Gasteiger partial charge is 0.326 e. The van der Waals surface area contributed by atoms with E-state index in [2.05, 4.69) is 17.5 Å². The summed E-state index contributed by atoms with van der Waals surface area (Å²) in [5, 5.41) is 21.4. The Morgan fingerprint density at radius 2 is 2.33 bits per heavy atom. The van der Waals surface area contributed by atoms with Crippen molar-refractivity contribution in [1.29, 1.82) is 5.26 Å². The first-order chi connectivity index (χ1) is 8.72. The zero-order valence-electron chi connectivity index (χ0n) is 9.63. The molecule has 1 heterocycles. The maximum absolute atomic E-state index is 11.3. The first-order valence-electron chi connectivity index (χ1n) is 5.91. The highest BCUT2D eigenvalue weighted by Crippen LogP contribution is 2.45. The molecule has 1 aromatic rings. The van der Waals surface area contributed by atoms with Crippen LogP contribution in [0.1, 0.15) is 23.5 Å². The number of para-hydroxylation sites is 1. The quantitative estimate of drug-likeness (QED) is 0.737. The standard InChI is InChI=1S/C14H12N2O2/c15-7-8-3-1-5-10-9-4-2-6-11(9)13(14(17)18)16-12(8)10/h1-5,9,11,13,16H,6H2,(H,17,18)/t9-,11-,13+/m1/s1. The molecule has 1 aliphatic carbocycles. The number of carboxylic acids is 1. The molecule has 90 valence electrons. The van der Waals surface area contributed by atoms with Crippen molar-refractivity contribution in [3.8, 4) is 6.07 Å². The summed E-state index contributed by atoms with van der Waals surface area (Å²) in [6.07, 6.45) is 4.85. The van der Waals surface area contributed by atoms with Gasteiger partial charge in [-0.2, -0.15) is 5.26 Å². The highest BCUT2D eigenvalue weighted by Gasteiger charge is 2.41. The van der Waals surface area contributed by atoms with Gasteiger partial charge >= 0.3 is 5.97 Å². The molecule has 1 aliphatic heterocycles. The van der Waals surface area contributed by atoms with Gasteiger partial charge in [-0.1, -0.05) is 24.3 Å². The van der Waals surface area contributed by atoms with Gasteiger partial charge in [-0.3, -0.25) is 0 Å². The van der Waals surface area contributed by atoms with Crippen LogP contribution < -0.4 is 5.32 Å². The van der Waals surface area contributed by atoms with Gasteiger partial charge in [-0.15, -0.1) is 0 Å². The van der Waals surface area contributed by atoms with Crippen LogP contribution in [0.2, 0.25) is 0 Å². The monoisotopic (exact) mass is 240 g/mol. The molecule has 2 N–H and O–H groups in total. The predicted molar refractivity (Wildman–Crippen MR) is 66.2 cm³/mol. The number of rotatable bonds is 1. The number of carboxylic acid groups (broad SMARTS) is 1. The van der Waals surface area contributed by atoms with Gasteiger partial charge in [0.2, 0.25) is 0 Å². The third-order valence-electron chi connectivity index (χ3n) is 3.78. The molecule has 2 aliphatic rings. The highest BCUT2D eigenvalue weighted by molar-refractivity contribution is 5.82. The molecule has 0 spiro atoms. The van der Waals surface area contributed by atoms with E-state index in [0.717, 1.165) is 12.0 Å². The molecule has 3 atom stereocenters. The van der Waals surface area contributed by atoms with Gasteiger partial charge in [-0.25, -0.2) is 4.79 Å². The van der Waals surface area contributed by atoms with Crippen LogP contribution in [0.15, 0.2) is 30.4 Å². The molecule has 0 saturated heterocycles. The fraction of sp³-hybridized carbons (Fsp3) is 0.286. The van der Waals surface area contributed by atoms with E-state index in [1.165, 1.54) is 0 Å². The van der Waals surface area contributed by atoms with E-state index in [4.69, 9.17) is 5.26 Å². The molecule has 4 heteroatoms. The Morgan fingerprint density at radius 3 is 3.06 bits per heavy atom. The number of hydrogen-bond donors (Lipinski definition) is 2. The lowest BCUT2D eigenvalue weighted by Gasteiger charge is -2.35. The average Bonchev–Trinajstić information content (AvgIpc) is 2.86. The van der Waals surface area contributed by atoms with E-state index in [0.29, 0.717) is 11.3 Å².